The average Bonchev–Trinajstić information content (AvgIpc) is 2.51. The molecule has 0 aliphatic carbocycles. The Labute approximate surface area is 77.3 Å². The van der Waals surface area contributed by atoms with Crippen LogP contribution in [0.5, 0.6) is 0 Å². The monoisotopic (exact) mass is 179 g/mol. The highest BCUT2D eigenvalue weighted by Gasteiger charge is 1.91. The maximum atomic E-state index is 10.7. The van der Waals surface area contributed by atoms with Crippen molar-refractivity contribution in [2.24, 2.45) is 0 Å². The van der Waals surface area contributed by atoms with E-state index in [0.29, 0.717) is 6.67 Å². The predicted octanol–water partition coefficient (Wildman–Crippen LogP) is 0.923. The summed E-state index contributed by atoms with van der Waals surface area (Å²) < 4.78 is 1.89. The highest BCUT2D eigenvalue weighted by Crippen LogP contribution is 1.89. The van der Waals surface area contributed by atoms with Gasteiger partial charge in [0.05, 0.1) is 13.0 Å². The molecule has 1 N–H and O–H groups in total. The molecule has 0 aromatic carbocycles. The van der Waals surface area contributed by atoms with Crippen LogP contribution in [0.25, 0.3) is 0 Å². The largest absolute Gasteiger partial charge is 0.371 e. The second-order valence-corrected chi connectivity index (χ2v) is 2.85. The molecule has 1 rings (SSSR count). The van der Waals surface area contributed by atoms with Gasteiger partial charge in [0.1, 0.15) is 0 Å². The Morgan fingerprint density at radius 3 is 2.92 bits per heavy atom. The molecule has 0 fully saturated rings. The lowest BCUT2D eigenvalue weighted by Gasteiger charge is -2.05. The van der Waals surface area contributed by atoms with Gasteiger partial charge in [0.15, 0.2) is 5.78 Å². The van der Waals surface area contributed by atoms with Crippen LogP contribution in [0.1, 0.15) is 13.8 Å². The maximum absolute atomic E-state index is 10.7. The number of allylic oxidation sites excluding steroid dienone is 2. The molecule has 0 spiro atoms. The Kier molecular flexibility index (Phi) is 3.25. The summed E-state index contributed by atoms with van der Waals surface area (Å²) in [6.07, 6.45) is 6.85. The summed E-state index contributed by atoms with van der Waals surface area (Å²) in [5, 5.41) is 3.08. The number of carbonyl (C=O) groups is 1. The first-order chi connectivity index (χ1) is 6.18. The van der Waals surface area contributed by atoms with Gasteiger partial charge in [-0.2, -0.15) is 0 Å². The van der Waals surface area contributed by atoms with Crippen molar-refractivity contribution in [2.45, 2.75) is 20.5 Å². The molecule has 1 aromatic heterocycles. The third-order valence-electron chi connectivity index (χ3n) is 1.52. The molecule has 4 heteroatoms. The van der Waals surface area contributed by atoms with Crippen molar-refractivity contribution in [3.63, 3.8) is 0 Å². The SMILES string of the molecule is CC(=O)C=C(C)NCn1ccnc1. The Bertz CT molecular complexity index is 301. The van der Waals surface area contributed by atoms with Crippen LogP contribution >= 0.6 is 0 Å². The van der Waals surface area contributed by atoms with Gasteiger partial charge in [0.25, 0.3) is 0 Å². The summed E-state index contributed by atoms with van der Waals surface area (Å²) in [5.74, 6) is 0.0515. The molecule has 0 saturated heterocycles. The molecule has 0 radical (unpaired) electrons. The minimum absolute atomic E-state index is 0.0515. The van der Waals surface area contributed by atoms with E-state index < -0.39 is 0 Å². The summed E-state index contributed by atoms with van der Waals surface area (Å²) in [6, 6.07) is 0. The molecule has 0 bridgehead atoms. The Balaban J connectivity index is 2.39. The molecular weight excluding hydrogens is 166 g/mol. The number of carbonyl (C=O) groups excluding carboxylic acids is 1. The number of imidazole rings is 1. The van der Waals surface area contributed by atoms with Crippen molar-refractivity contribution < 1.29 is 4.79 Å². The topological polar surface area (TPSA) is 46.9 Å². The van der Waals surface area contributed by atoms with Crippen LogP contribution in [0.2, 0.25) is 0 Å². The second-order valence-electron chi connectivity index (χ2n) is 2.85. The number of nitrogens with one attached hydrogen (secondary N) is 1. The molecule has 0 amide bonds. The molecule has 0 unspecified atom stereocenters. The molecule has 0 saturated carbocycles. The third kappa shape index (κ3) is 3.55. The molecule has 0 atom stereocenters. The fourth-order valence-electron chi connectivity index (χ4n) is 0.952. The zero-order valence-electron chi connectivity index (χ0n) is 7.82. The Morgan fingerprint density at radius 2 is 2.38 bits per heavy atom. The van der Waals surface area contributed by atoms with Crippen molar-refractivity contribution in [3.8, 4) is 0 Å². The van der Waals surface area contributed by atoms with Crippen LogP contribution in [0.3, 0.4) is 0 Å². The maximum Gasteiger partial charge on any atom is 0.154 e. The van der Waals surface area contributed by atoms with Gasteiger partial charge < -0.3 is 9.88 Å². The smallest absolute Gasteiger partial charge is 0.154 e. The van der Waals surface area contributed by atoms with E-state index in [9.17, 15) is 4.79 Å². The standard InChI is InChI=1S/C9H13N3O/c1-8(5-9(2)13)11-7-12-4-3-10-6-12/h3-6,11H,7H2,1-2H3. The van der Waals surface area contributed by atoms with Crippen molar-refractivity contribution >= 4 is 5.78 Å². The molecule has 4 nitrogen and oxygen atoms in total. The summed E-state index contributed by atoms with van der Waals surface area (Å²) in [5.41, 5.74) is 0.862. The van der Waals surface area contributed by atoms with Gasteiger partial charge in [-0.1, -0.05) is 0 Å². The number of hydrogen-bond acceptors (Lipinski definition) is 3. The normalized spacial score (nSPS) is 11.4. The number of aromatic nitrogens is 2. The van der Waals surface area contributed by atoms with Crippen LogP contribution in [0.4, 0.5) is 0 Å². The zero-order chi connectivity index (χ0) is 9.68. The van der Waals surface area contributed by atoms with Crippen LogP contribution in [-0.4, -0.2) is 15.3 Å². The fraction of sp³-hybridized carbons (Fsp3) is 0.333. The molecule has 70 valence electrons. The van der Waals surface area contributed by atoms with Crippen LogP contribution < -0.4 is 5.32 Å². The quantitative estimate of drug-likeness (QED) is 0.699. The minimum Gasteiger partial charge on any atom is -0.371 e. The van der Waals surface area contributed by atoms with Crippen LogP contribution in [0, 0.1) is 0 Å². The van der Waals surface area contributed by atoms with E-state index in [4.69, 9.17) is 0 Å². The van der Waals surface area contributed by atoms with E-state index in [2.05, 4.69) is 10.3 Å². The molecule has 0 aliphatic heterocycles. The van der Waals surface area contributed by atoms with Crippen LogP contribution in [0.15, 0.2) is 30.5 Å². The van der Waals surface area contributed by atoms with Gasteiger partial charge in [0, 0.05) is 18.1 Å². The molecule has 13 heavy (non-hydrogen) atoms. The van der Waals surface area contributed by atoms with Crippen molar-refractivity contribution in [1.29, 1.82) is 0 Å². The molecule has 1 aromatic rings. The number of rotatable bonds is 4. The minimum atomic E-state index is 0.0515. The average molecular weight is 179 g/mol. The highest BCUT2D eigenvalue weighted by atomic mass is 16.1. The van der Waals surface area contributed by atoms with E-state index in [0.717, 1.165) is 5.70 Å². The van der Waals surface area contributed by atoms with Crippen LogP contribution in [-0.2, 0) is 11.5 Å². The van der Waals surface area contributed by atoms with Crippen molar-refractivity contribution in [2.75, 3.05) is 0 Å². The van der Waals surface area contributed by atoms with Crippen molar-refractivity contribution in [3.05, 3.63) is 30.5 Å². The van der Waals surface area contributed by atoms with E-state index in [1.807, 2.05) is 17.7 Å². The van der Waals surface area contributed by atoms with Gasteiger partial charge >= 0.3 is 0 Å². The number of hydrogen-bond donors (Lipinski definition) is 1. The van der Waals surface area contributed by atoms with E-state index in [1.54, 1.807) is 18.6 Å². The summed E-state index contributed by atoms with van der Waals surface area (Å²) in [4.78, 5) is 14.6. The third-order valence-corrected chi connectivity index (χ3v) is 1.52. The summed E-state index contributed by atoms with van der Waals surface area (Å²) in [7, 11) is 0. The van der Waals surface area contributed by atoms with E-state index >= 15 is 0 Å². The van der Waals surface area contributed by atoms with E-state index in [1.165, 1.54) is 6.92 Å². The van der Waals surface area contributed by atoms with Gasteiger partial charge in [-0.05, 0) is 19.9 Å². The Morgan fingerprint density at radius 1 is 1.62 bits per heavy atom. The first-order valence-electron chi connectivity index (χ1n) is 4.07. The summed E-state index contributed by atoms with van der Waals surface area (Å²) in [6.45, 7) is 4.02. The first kappa shape index (κ1) is 9.51. The lowest BCUT2D eigenvalue weighted by Crippen LogP contribution is -2.15. The highest BCUT2D eigenvalue weighted by molar-refractivity contribution is 5.87. The van der Waals surface area contributed by atoms with E-state index in [-0.39, 0.29) is 5.78 Å². The number of nitrogens with zero attached hydrogens (tertiary/aromatic N) is 2. The lowest BCUT2D eigenvalue weighted by molar-refractivity contribution is -0.112. The molecule has 1 heterocycles. The fourth-order valence-corrected chi connectivity index (χ4v) is 0.952. The Hall–Kier alpha value is -1.58. The van der Waals surface area contributed by atoms with Gasteiger partial charge in [-0.25, -0.2) is 4.98 Å². The van der Waals surface area contributed by atoms with Gasteiger partial charge in [-0.3, -0.25) is 4.79 Å². The zero-order valence-corrected chi connectivity index (χ0v) is 7.82. The molecule has 0 aliphatic rings. The van der Waals surface area contributed by atoms with Gasteiger partial charge in [-0.15, -0.1) is 0 Å². The predicted molar refractivity (Wildman–Crippen MR) is 49.8 cm³/mol. The molecular formula is C9H13N3O. The lowest BCUT2D eigenvalue weighted by atomic mass is 10.3. The van der Waals surface area contributed by atoms with Crippen molar-refractivity contribution in [1.82, 2.24) is 14.9 Å². The summed E-state index contributed by atoms with van der Waals surface area (Å²) >= 11 is 0. The first-order valence-corrected chi connectivity index (χ1v) is 4.07. The van der Waals surface area contributed by atoms with Gasteiger partial charge in [0.2, 0.25) is 0 Å². The second kappa shape index (κ2) is 4.45. The number of ketones is 1.